The van der Waals surface area contributed by atoms with E-state index in [0.29, 0.717) is 19.7 Å². The average Bonchev–Trinajstić information content (AvgIpc) is 2.95. The molecule has 0 radical (unpaired) electrons. The van der Waals surface area contributed by atoms with Crippen molar-refractivity contribution in [3.8, 4) is 0 Å². The fourth-order valence-corrected chi connectivity index (χ4v) is 3.37. The number of carbonyl (C=O) groups excluding carboxylic acids is 1. The van der Waals surface area contributed by atoms with Crippen LogP contribution in [0.1, 0.15) is 10.4 Å². The highest BCUT2D eigenvalue weighted by molar-refractivity contribution is 9.11. The molecule has 0 unspecified atom stereocenters. The summed E-state index contributed by atoms with van der Waals surface area (Å²) in [6.07, 6.45) is -0.328. The molecule has 0 aliphatic rings. The van der Waals surface area contributed by atoms with Crippen LogP contribution in [0, 0.1) is 0 Å². The van der Waals surface area contributed by atoms with Gasteiger partial charge in [0.1, 0.15) is 6.61 Å². The third-order valence-electron chi connectivity index (χ3n) is 3.00. The summed E-state index contributed by atoms with van der Waals surface area (Å²) in [5.74, 6) is 0. The number of hydrogen-bond acceptors (Lipinski definition) is 4. The first kappa shape index (κ1) is 17.0. The third kappa shape index (κ3) is 5.44. The number of thiophene rings is 1. The number of carbonyl (C=O) groups is 1. The minimum absolute atomic E-state index is 0.275. The molecule has 0 bridgehead atoms. The zero-order valence-electron chi connectivity index (χ0n) is 12.3. The van der Waals surface area contributed by atoms with Crippen molar-refractivity contribution < 1.29 is 14.3 Å². The highest BCUT2D eigenvalue weighted by Crippen LogP contribution is 2.23. The van der Waals surface area contributed by atoms with Crippen LogP contribution in [0.4, 0.5) is 4.79 Å². The van der Waals surface area contributed by atoms with Gasteiger partial charge in [0.15, 0.2) is 0 Å². The molecule has 0 spiro atoms. The lowest BCUT2D eigenvalue weighted by Crippen LogP contribution is -2.33. The molecule has 2 aromatic rings. The second-order valence-electron chi connectivity index (χ2n) is 4.66. The summed E-state index contributed by atoms with van der Waals surface area (Å²) in [4.78, 5) is 15.0. The number of hydrogen-bond donors (Lipinski definition) is 0. The van der Waals surface area contributed by atoms with Gasteiger partial charge in [-0.2, -0.15) is 0 Å². The molecule has 6 heteroatoms. The van der Waals surface area contributed by atoms with Crippen LogP contribution >= 0.6 is 27.3 Å². The standard InChI is InChI=1S/C16H18BrNO3S/c1-20-10-9-18(11-14-7-8-15(17)22-14)16(19)21-12-13-5-3-2-4-6-13/h2-8H,9-12H2,1H3. The first-order valence-electron chi connectivity index (χ1n) is 6.88. The molecule has 22 heavy (non-hydrogen) atoms. The Morgan fingerprint density at radius 1 is 1.23 bits per heavy atom. The van der Waals surface area contributed by atoms with Crippen LogP contribution in [0.2, 0.25) is 0 Å². The molecular weight excluding hydrogens is 366 g/mol. The van der Waals surface area contributed by atoms with Crippen LogP contribution < -0.4 is 0 Å². The summed E-state index contributed by atoms with van der Waals surface area (Å²) < 4.78 is 11.5. The Hall–Kier alpha value is -1.37. The van der Waals surface area contributed by atoms with Crippen molar-refractivity contribution in [1.82, 2.24) is 4.90 Å². The zero-order valence-corrected chi connectivity index (χ0v) is 14.7. The molecule has 0 fully saturated rings. The van der Waals surface area contributed by atoms with Crippen LogP contribution in [0.5, 0.6) is 0 Å². The number of benzene rings is 1. The SMILES string of the molecule is COCCN(Cc1ccc(Br)s1)C(=O)OCc1ccccc1. The third-order valence-corrected chi connectivity index (χ3v) is 4.61. The van der Waals surface area contributed by atoms with E-state index in [9.17, 15) is 4.79 Å². The highest BCUT2D eigenvalue weighted by Gasteiger charge is 2.16. The van der Waals surface area contributed by atoms with Gasteiger partial charge < -0.3 is 14.4 Å². The second-order valence-corrected chi connectivity index (χ2v) is 7.21. The Bertz CT molecular complexity index is 588. The number of halogens is 1. The van der Waals surface area contributed by atoms with Crippen molar-refractivity contribution in [3.63, 3.8) is 0 Å². The molecule has 1 heterocycles. The smallest absolute Gasteiger partial charge is 0.410 e. The van der Waals surface area contributed by atoms with E-state index in [-0.39, 0.29) is 12.7 Å². The molecule has 4 nitrogen and oxygen atoms in total. The molecule has 118 valence electrons. The molecular formula is C16H18BrNO3S. The second kappa shape index (κ2) is 8.92. The van der Waals surface area contributed by atoms with Crippen molar-refractivity contribution >= 4 is 33.4 Å². The lowest BCUT2D eigenvalue weighted by molar-refractivity contribution is 0.0800. The maximum atomic E-state index is 12.3. The van der Waals surface area contributed by atoms with Crippen LogP contribution in [-0.2, 0) is 22.6 Å². The van der Waals surface area contributed by atoms with Crippen LogP contribution in [-0.4, -0.2) is 31.3 Å². The highest BCUT2D eigenvalue weighted by atomic mass is 79.9. The van der Waals surface area contributed by atoms with E-state index in [0.717, 1.165) is 14.2 Å². The van der Waals surface area contributed by atoms with Crippen LogP contribution in [0.25, 0.3) is 0 Å². The van der Waals surface area contributed by atoms with E-state index in [1.54, 1.807) is 23.3 Å². The molecule has 1 amide bonds. The molecule has 1 aromatic heterocycles. The molecule has 1 aromatic carbocycles. The van der Waals surface area contributed by atoms with Gasteiger partial charge in [0.25, 0.3) is 0 Å². The molecule has 0 saturated carbocycles. The van der Waals surface area contributed by atoms with Gasteiger partial charge in [0.2, 0.25) is 0 Å². The van der Waals surface area contributed by atoms with Crippen molar-refractivity contribution in [1.29, 1.82) is 0 Å². The number of ether oxygens (including phenoxy) is 2. The van der Waals surface area contributed by atoms with Gasteiger partial charge in [-0.25, -0.2) is 4.79 Å². The largest absolute Gasteiger partial charge is 0.445 e. The van der Waals surface area contributed by atoms with E-state index in [2.05, 4.69) is 15.9 Å². The van der Waals surface area contributed by atoms with E-state index in [1.165, 1.54) is 0 Å². The zero-order chi connectivity index (χ0) is 15.8. The maximum Gasteiger partial charge on any atom is 0.410 e. The van der Waals surface area contributed by atoms with Gasteiger partial charge in [-0.3, -0.25) is 0 Å². The first-order chi connectivity index (χ1) is 10.7. The molecule has 2 rings (SSSR count). The van der Waals surface area contributed by atoms with Gasteiger partial charge in [0.05, 0.1) is 16.9 Å². The topological polar surface area (TPSA) is 38.8 Å². The van der Waals surface area contributed by atoms with Crippen molar-refractivity contribution in [3.05, 3.63) is 56.7 Å². The van der Waals surface area contributed by atoms with Crippen molar-refractivity contribution in [2.24, 2.45) is 0 Å². The summed E-state index contributed by atoms with van der Waals surface area (Å²) in [6.45, 7) is 1.77. The number of nitrogens with zero attached hydrogens (tertiary/aromatic N) is 1. The number of methoxy groups -OCH3 is 1. The monoisotopic (exact) mass is 383 g/mol. The Kier molecular flexibility index (Phi) is 6.89. The normalized spacial score (nSPS) is 10.5. The van der Waals surface area contributed by atoms with Gasteiger partial charge in [-0.05, 0) is 33.6 Å². The van der Waals surface area contributed by atoms with E-state index >= 15 is 0 Å². The fourth-order valence-electron chi connectivity index (χ4n) is 1.87. The summed E-state index contributed by atoms with van der Waals surface area (Å²) >= 11 is 5.04. The Labute approximate surface area is 142 Å². The lowest BCUT2D eigenvalue weighted by atomic mass is 10.2. The summed E-state index contributed by atoms with van der Waals surface area (Å²) in [6, 6.07) is 13.6. The lowest BCUT2D eigenvalue weighted by Gasteiger charge is -2.21. The minimum atomic E-state index is -0.328. The Balaban J connectivity index is 1.93. The maximum absolute atomic E-state index is 12.3. The minimum Gasteiger partial charge on any atom is -0.445 e. The predicted molar refractivity (Wildman–Crippen MR) is 90.9 cm³/mol. The Morgan fingerprint density at radius 2 is 2.00 bits per heavy atom. The van der Waals surface area contributed by atoms with Crippen molar-refractivity contribution in [2.45, 2.75) is 13.2 Å². The molecule has 0 aliphatic carbocycles. The van der Waals surface area contributed by atoms with Gasteiger partial charge in [-0.15, -0.1) is 11.3 Å². The van der Waals surface area contributed by atoms with E-state index in [4.69, 9.17) is 9.47 Å². The number of rotatable bonds is 7. The molecule has 0 saturated heterocycles. The molecule has 0 N–H and O–H groups in total. The average molecular weight is 384 g/mol. The van der Waals surface area contributed by atoms with Gasteiger partial charge >= 0.3 is 6.09 Å². The van der Waals surface area contributed by atoms with Crippen LogP contribution in [0.3, 0.4) is 0 Å². The fraction of sp³-hybridized carbons (Fsp3) is 0.312. The van der Waals surface area contributed by atoms with Crippen LogP contribution in [0.15, 0.2) is 46.3 Å². The van der Waals surface area contributed by atoms with E-state index < -0.39 is 0 Å². The quantitative estimate of drug-likeness (QED) is 0.715. The summed E-state index contributed by atoms with van der Waals surface area (Å²) in [5.41, 5.74) is 0.974. The Morgan fingerprint density at radius 3 is 2.64 bits per heavy atom. The van der Waals surface area contributed by atoms with Gasteiger partial charge in [0, 0.05) is 18.5 Å². The predicted octanol–water partition coefficient (Wildman–Crippen LogP) is 4.30. The summed E-state index contributed by atoms with van der Waals surface area (Å²) in [7, 11) is 1.62. The molecule has 0 aliphatic heterocycles. The van der Waals surface area contributed by atoms with Gasteiger partial charge in [-0.1, -0.05) is 30.3 Å². The summed E-state index contributed by atoms with van der Waals surface area (Å²) in [5, 5.41) is 0. The number of amides is 1. The van der Waals surface area contributed by atoms with E-state index in [1.807, 2.05) is 42.5 Å². The first-order valence-corrected chi connectivity index (χ1v) is 8.49. The molecule has 0 atom stereocenters. The van der Waals surface area contributed by atoms with Crippen molar-refractivity contribution in [2.75, 3.05) is 20.3 Å².